The Morgan fingerprint density at radius 3 is 0.735 bits per heavy atom. The Kier molecular flexibility index (Phi) is 66.7. The largest absolute Gasteiger partial charge is 0.462 e. The third-order valence-electron chi connectivity index (χ3n) is 15.0. The lowest BCUT2D eigenvalue weighted by Gasteiger charge is -2.18. The van der Waals surface area contributed by atoms with Crippen LogP contribution < -0.4 is 0 Å². The lowest BCUT2D eigenvalue weighted by Crippen LogP contribution is -2.30. The van der Waals surface area contributed by atoms with Gasteiger partial charge in [-0.1, -0.05) is 322 Å². The first-order chi connectivity index (χ1) is 41.0. The van der Waals surface area contributed by atoms with Crippen molar-refractivity contribution in [1.82, 2.24) is 0 Å². The summed E-state index contributed by atoms with van der Waals surface area (Å²) < 4.78 is 16.8. The number of ether oxygens (including phenoxy) is 3. The Bertz CT molecular complexity index is 1700. The molecule has 0 saturated heterocycles. The summed E-state index contributed by atoms with van der Waals surface area (Å²) in [6.45, 7) is 6.36. The van der Waals surface area contributed by atoms with Gasteiger partial charge in [-0.25, -0.2) is 0 Å². The van der Waals surface area contributed by atoms with E-state index in [0.717, 1.165) is 128 Å². The molecule has 0 aromatic rings. The van der Waals surface area contributed by atoms with Crippen LogP contribution in [0, 0.1) is 0 Å². The van der Waals surface area contributed by atoms with E-state index in [1.165, 1.54) is 161 Å². The fraction of sp³-hybridized carbons (Fsp3) is 0.701. The minimum absolute atomic E-state index is 0.0773. The molecule has 6 nitrogen and oxygen atoms in total. The molecule has 0 saturated carbocycles. The number of rotatable bonds is 63. The van der Waals surface area contributed by atoms with Gasteiger partial charge in [-0.2, -0.15) is 0 Å². The van der Waals surface area contributed by atoms with Gasteiger partial charge in [-0.3, -0.25) is 14.4 Å². The summed E-state index contributed by atoms with van der Waals surface area (Å²) in [7, 11) is 0. The lowest BCUT2D eigenvalue weighted by molar-refractivity contribution is -0.167. The van der Waals surface area contributed by atoms with Crippen LogP contribution in [0.15, 0.2) is 122 Å². The summed E-state index contributed by atoms with van der Waals surface area (Å²) in [6, 6.07) is 0. The maximum Gasteiger partial charge on any atom is 0.306 e. The fourth-order valence-electron chi connectivity index (χ4n) is 9.79. The van der Waals surface area contributed by atoms with E-state index in [1.54, 1.807) is 0 Å². The Morgan fingerprint density at radius 1 is 0.253 bits per heavy atom. The van der Waals surface area contributed by atoms with Gasteiger partial charge in [0.15, 0.2) is 6.10 Å². The lowest BCUT2D eigenvalue weighted by atomic mass is 10.0. The molecule has 1 atom stereocenters. The molecule has 474 valence electrons. The number of hydrogen-bond acceptors (Lipinski definition) is 6. The van der Waals surface area contributed by atoms with Gasteiger partial charge in [-0.15, -0.1) is 0 Å². The zero-order chi connectivity index (χ0) is 59.9. The maximum absolute atomic E-state index is 12.9. The molecule has 0 rings (SSSR count). The van der Waals surface area contributed by atoms with Crippen LogP contribution in [0.4, 0.5) is 0 Å². The van der Waals surface area contributed by atoms with E-state index in [1.807, 2.05) is 0 Å². The van der Waals surface area contributed by atoms with Crippen molar-refractivity contribution in [1.29, 1.82) is 0 Å². The predicted octanol–water partition coefficient (Wildman–Crippen LogP) is 24.3. The molecule has 0 aromatic heterocycles. The minimum atomic E-state index is -0.777. The van der Waals surface area contributed by atoms with Crippen molar-refractivity contribution in [3.05, 3.63) is 122 Å². The summed E-state index contributed by atoms with van der Waals surface area (Å²) in [5.74, 6) is -0.883. The Morgan fingerprint density at radius 2 is 0.470 bits per heavy atom. The second-order valence-electron chi connectivity index (χ2n) is 23.0. The predicted molar refractivity (Wildman–Crippen MR) is 362 cm³/mol. The van der Waals surface area contributed by atoms with E-state index in [-0.39, 0.29) is 31.1 Å². The highest BCUT2D eigenvalue weighted by Crippen LogP contribution is 2.17. The van der Waals surface area contributed by atoms with Crippen molar-refractivity contribution < 1.29 is 28.6 Å². The first-order valence-electron chi connectivity index (χ1n) is 35.0. The van der Waals surface area contributed by atoms with Crippen LogP contribution in [0.2, 0.25) is 0 Å². The molecule has 0 fully saturated rings. The van der Waals surface area contributed by atoms with Gasteiger partial charge < -0.3 is 14.2 Å². The Hall–Kier alpha value is -4.19. The average molecular weight is 1150 g/mol. The van der Waals surface area contributed by atoms with Gasteiger partial charge in [0.1, 0.15) is 13.2 Å². The van der Waals surface area contributed by atoms with Crippen LogP contribution in [0.5, 0.6) is 0 Å². The Balaban J connectivity index is 3.99. The molecule has 0 aromatic carbocycles. The quantitative estimate of drug-likeness (QED) is 0.0261. The van der Waals surface area contributed by atoms with Crippen molar-refractivity contribution in [2.24, 2.45) is 0 Å². The number of allylic oxidation sites excluding steroid dienone is 20. The van der Waals surface area contributed by atoms with Crippen LogP contribution in [0.3, 0.4) is 0 Å². The van der Waals surface area contributed by atoms with E-state index >= 15 is 0 Å². The second-order valence-corrected chi connectivity index (χ2v) is 23.0. The van der Waals surface area contributed by atoms with E-state index in [0.29, 0.717) is 19.3 Å². The molecule has 1 unspecified atom stereocenters. The van der Waals surface area contributed by atoms with Crippen LogP contribution in [0.1, 0.15) is 329 Å². The zero-order valence-corrected chi connectivity index (χ0v) is 54.4. The highest BCUT2D eigenvalue weighted by molar-refractivity contribution is 5.71. The second kappa shape index (κ2) is 70.3. The van der Waals surface area contributed by atoms with Crippen LogP contribution in [-0.2, 0) is 28.6 Å². The van der Waals surface area contributed by atoms with Crippen LogP contribution >= 0.6 is 0 Å². The van der Waals surface area contributed by atoms with Gasteiger partial charge >= 0.3 is 17.9 Å². The van der Waals surface area contributed by atoms with Gasteiger partial charge in [0.05, 0.1) is 0 Å². The molecule has 0 spiro atoms. The molecule has 6 heteroatoms. The van der Waals surface area contributed by atoms with Crippen LogP contribution in [-0.4, -0.2) is 37.2 Å². The van der Waals surface area contributed by atoms with Crippen molar-refractivity contribution in [3.63, 3.8) is 0 Å². The van der Waals surface area contributed by atoms with E-state index in [2.05, 4.69) is 142 Å². The third kappa shape index (κ3) is 68.5. The first-order valence-corrected chi connectivity index (χ1v) is 35.0. The average Bonchev–Trinajstić information content (AvgIpc) is 3.49. The highest BCUT2D eigenvalue weighted by atomic mass is 16.6. The van der Waals surface area contributed by atoms with Gasteiger partial charge in [0.25, 0.3) is 0 Å². The Labute approximate surface area is 513 Å². The minimum Gasteiger partial charge on any atom is -0.462 e. The molecular formula is C77H130O6. The molecule has 0 bridgehead atoms. The molecule has 0 amide bonds. The summed E-state index contributed by atoms with van der Waals surface area (Å²) in [5, 5.41) is 0. The third-order valence-corrected chi connectivity index (χ3v) is 15.0. The standard InChI is InChI=1S/C77H130O6/c1-4-7-10-13-15-17-19-21-23-25-27-29-31-33-35-37-38-40-41-43-45-47-49-51-53-55-57-59-61-64-67-70-76(79)82-73-74(72-81-75(78)69-66-63-12-9-6-3)83-77(80)71-68-65-62-60-58-56-54-52-50-48-46-44-42-39-36-34-32-30-28-26-24-22-20-18-16-14-11-8-5-2/h7-8,10-11,15-18,21-24,27-30,33,35,38,40,74H,4-6,9,12-14,19-20,25-26,31-32,34,36-37,39,41-73H2,1-3H3/b10-7-,11-8-,17-15-,18-16-,23-21-,24-22-,29-27-,30-28-,35-33-,40-38-. The van der Waals surface area contributed by atoms with Gasteiger partial charge in [-0.05, 0) is 109 Å². The summed E-state index contributed by atoms with van der Waals surface area (Å²) in [6.07, 6.45) is 98.5. The van der Waals surface area contributed by atoms with Crippen molar-refractivity contribution >= 4 is 17.9 Å². The fourth-order valence-corrected chi connectivity index (χ4v) is 9.79. The number of carbonyl (C=O) groups is 3. The molecule has 0 radical (unpaired) electrons. The highest BCUT2D eigenvalue weighted by Gasteiger charge is 2.19. The normalized spacial score (nSPS) is 12.9. The van der Waals surface area contributed by atoms with E-state index in [9.17, 15) is 14.4 Å². The summed E-state index contributed by atoms with van der Waals surface area (Å²) in [5.41, 5.74) is 0. The molecule has 83 heavy (non-hydrogen) atoms. The smallest absolute Gasteiger partial charge is 0.306 e. The van der Waals surface area contributed by atoms with E-state index in [4.69, 9.17) is 14.2 Å². The van der Waals surface area contributed by atoms with Crippen molar-refractivity contribution in [2.45, 2.75) is 335 Å². The molecule has 0 aliphatic heterocycles. The molecule has 0 aliphatic rings. The monoisotopic (exact) mass is 1150 g/mol. The number of hydrogen-bond donors (Lipinski definition) is 0. The van der Waals surface area contributed by atoms with Gasteiger partial charge in [0, 0.05) is 19.3 Å². The molecule has 0 aliphatic carbocycles. The number of carbonyl (C=O) groups excluding carboxylic acids is 3. The van der Waals surface area contributed by atoms with Crippen LogP contribution in [0.25, 0.3) is 0 Å². The molecular weight excluding hydrogens is 1020 g/mol. The van der Waals surface area contributed by atoms with Crippen molar-refractivity contribution in [3.8, 4) is 0 Å². The first kappa shape index (κ1) is 78.8. The SMILES string of the molecule is CC/C=C\C/C=C\C/C=C\C/C=C\C/C=C\C/C=C\CCCCCCCCCCCCCCC(=O)OCC(COC(=O)CCCCCCC)OC(=O)CCCCCCCCCCCCCCCCCC/C=C\C/C=C\C/C=C\C/C=C\CC. The van der Waals surface area contributed by atoms with E-state index < -0.39 is 6.10 Å². The molecule has 0 N–H and O–H groups in total. The topological polar surface area (TPSA) is 78.9 Å². The maximum atomic E-state index is 12.9. The summed E-state index contributed by atoms with van der Waals surface area (Å²) in [4.78, 5) is 38.0. The van der Waals surface area contributed by atoms with Gasteiger partial charge in [0.2, 0.25) is 0 Å². The van der Waals surface area contributed by atoms with Crippen molar-refractivity contribution in [2.75, 3.05) is 13.2 Å². The summed E-state index contributed by atoms with van der Waals surface area (Å²) >= 11 is 0. The molecule has 0 heterocycles. The number of esters is 3. The number of unbranched alkanes of at least 4 members (excludes halogenated alkanes) is 32. The zero-order valence-electron chi connectivity index (χ0n) is 54.4.